The van der Waals surface area contributed by atoms with Gasteiger partial charge in [0.1, 0.15) is 0 Å². The molecule has 3 rings (SSSR count). The molecule has 0 bridgehead atoms. The molecule has 2 amide bonds. The summed E-state index contributed by atoms with van der Waals surface area (Å²) in [6.07, 6.45) is 6.08. The Morgan fingerprint density at radius 1 is 1.16 bits per heavy atom. The highest BCUT2D eigenvalue weighted by Gasteiger charge is 2.27. The molecule has 0 saturated carbocycles. The van der Waals surface area contributed by atoms with Crippen LogP contribution in [0, 0.1) is 13.8 Å². The third kappa shape index (κ3) is 4.42. The van der Waals surface area contributed by atoms with Crippen LogP contribution in [0.1, 0.15) is 48.9 Å². The maximum atomic E-state index is 12.4. The zero-order chi connectivity index (χ0) is 17.8. The highest BCUT2D eigenvalue weighted by atomic mass is 16.2. The van der Waals surface area contributed by atoms with Gasteiger partial charge in [0, 0.05) is 30.4 Å². The Labute approximate surface area is 149 Å². The molecular formula is C19H30N4O2. The summed E-state index contributed by atoms with van der Waals surface area (Å²) in [4.78, 5) is 31.8. The molecule has 138 valence electrons. The van der Waals surface area contributed by atoms with Crippen LogP contribution in [0.15, 0.2) is 10.9 Å². The number of aromatic amines is 1. The van der Waals surface area contributed by atoms with Crippen LogP contribution >= 0.6 is 0 Å². The molecule has 1 aromatic rings. The summed E-state index contributed by atoms with van der Waals surface area (Å²) in [6, 6.07) is 2.51. The highest BCUT2D eigenvalue weighted by Crippen LogP contribution is 2.20. The number of carbonyl (C=O) groups excluding carboxylic acids is 1. The minimum absolute atomic E-state index is 0.0588. The Kier molecular flexibility index (Phi) is 5.78. The first-order valence-corrected chi connectivity index (χ1v) is 9.51. The number of amides is 2. The lowest BCUT2D eigenvalue weighted by molar-refractivity contribution is 0.101. The van der Waals surface area contributed by atoms with Gasteiger partial charge >= 0.3 is 6.03 Å². The van der Waals surface area contributed by atoms with E-state index in [4.69, 9.17) is 0 Å². The van der Waals surface area contributed by atoms with E-state index in [1.54, 1.807) is 0 Å². The van der Waals surface area contributed by atoms with Crippen LogP contribution in [0.3, 0.4) is 0 Å². The predicted molar refractivity (Wildman–Crippen MR) is 98.8 cm³/mol. The Morgan fingerprint density at radius 2 is 1.84 bits per heavy atom. The topological polar surface area (TPSA) is 68.4 Å². The minimum Gasteiger partial charge on any atom is -0.334 e. The molecule has 0 atom stereocenters. The molecule has 0 aromatic carbocycles. The van der Waals surface area contributed by atoms with Gasteiger partial charge in [-0.3, -0.25) is 4.79 Å². The number of nitrogens with one attached hydrogen (secondary N) is 2. The third-order valence-corrected chi connectivity index (χ3v) is 5.57. The number of likely N-dealkylation sites (tertiary alicyclic amines) is 2. The molecule has 25 heavy (non-hydrogen) atoms. The van der Waals surface area contributed by atoms with Gasteiger partial charge in [0.05, 0.1) is 6.54 Å². The molecule has 2 N–H and O–H groups in total. The van der Waals surface area contributed by atoms with E-state index in [2.05, 4.69) is 15.2 Å². The van der Waals surface area contributed by atoms with Crippen LogP contribution in [0.5, 0.6) is 0 Å². The summed E-state index contributed by atoms with van der Waals surface area (Å²) in [5, 5.41) is 2.92. The van der Waals surface area contributed by atoms with Crippen LogP contribution in [-0.2, 0) is 6.54 Å². The lowest BCUT2D eigenvalue weighted by Crippen LogP contribution is -2.50. The monoisotopic (exact) mass is 346 g/mol. The molecule has 1 aromatic heterocycles. The summed E-state index contributed by atoms with van der Waals surface area (Å²) < 4.78 is 0. The van der Waals surface area contributed by atoms with E-state index in [1.807, 2.05) is 24.8 Å². The van der Waals surface area contributed by atoms with Gasteiger partial charge in [-0.15, -0.1) is 0 Å². The Hall–Kier alpha value is -1.82. The average molecular weight is 346 g/mol. The van der Waals surface area contributed by atoms with E-state index in [-0.39, 0.29) is 18.1 Å². The molecule has 6 heteroatoms. The van der Waals surface area contributed by atoms with E-state index in [9.17, 15) is 9.59 Å². The number of carbonyl (C=O) groups is 1. The Bertz CT molecular complexity index is 656. The van der Waals surface area contributed by atoms with Gasteiger partial charge in [-0.25, -0.2) is 4.79 Å². The Balaban J connectivity index is 1.49. The number of urea groups is 1. The van der Waals surface area contributed by atoms with Crippen LogP contribution in [0.4, 0.5) is 4.79 Å². The quantitative estimate of drug-likeness (QED) is 0.881. The van der Waals surface area contributed by atoms with Crippen LogP contribution < -0.4 is 10.9 Å². The smallest absolute Gasteiger partial charge is 0.317 e. The fraction of sp³-hybridized carbons (Fsp3) is 0.684. The van der Waals surface area contributed by atoms with Gasteiger partial charge in [-0.2, -0.15) is 0 Å². The molecule has 0 aliphatic carbocycles. The molecular weight excluding hydrogens is 316 g/mol. The SMILES string of the molecule is Cc1cc(C)c(CNC(=O)N2CCC(N3CCCCC3)CC2)c(=O)[nH]1. The number of pyridine rings is 1. The molecule has 0 radical (unpaired) electrons. The first-order valence-electron chi connectivity index (χ1n) is 9.51. The number of hydrogen-bond acceptors (Lipinski definition) is 3. The van der Waals surface area contributed by atoms with Gasteiger partial charge < -0.3 is 20.1 Å². The largest absolute Gasteiger partial charge is 0.334 e. The number of aryl methyl sites for hydroxylation is 2. The normalized spacial score (nSPS) is 19.8. The van der Waals surface area contributed by atoms with E-state index in [0.717, 1.165) is 37.2 Å². The summed E-state index contributed by atoms with van der Waals surface area (Å²) >= 11 is 0. The van der Waals surface area contributed by atoms with Gasteiger partial charge in [-0.05, 0) is 64.3 Å². The lowest BCUT2D eigenvalue weighted by Gasteiger charge is -2.40. The first-order chi connectivity index (χ1) is 12.0. The van der Waals surface area contributed by atoms with E-state index in [1.165, 1.54) is 32.4 Å². The van der Waals surface area contributed by atoms with Crippen molar-refractivity contribution in [3.8, 4) is 0 Å². The molecule has 2 saturated heterocycles. The zero-order valence-electron chi connectivity index (χ0n) is 15.4. The van der Waals surface area contributed by atoms with Crippen molar-refractivity contribution in [1.29, 1.82) is 0 Å². The third-order valence-electron chi connectivity index (χ3n) is 5.57. The number of aromatic nitrogens is 1. The zero-order valence-corrected chi connectivity index (χ0v) is 15.4. The van der Waals surface area contributed by atoms with Gasteiger partial charge in [0.15, 0.2) is 0 Å². The Morgan fingerprint density at radius 3 is 2.48 bits per heavy atom. The molecule has 2 aliphatic heterocycles. The summed E-state index contributed by atoms with van der Waals surface area (Å²) in [7, 11) is 0. The number of rotatable bonds is 3. The molecule has 2 fully saturated rings. The van der Waals surface area contributed by atoms with Crippen molar-refractivity contribution in [3.05, 3.63) is 33.2 Å². The van der Waals surface area contributed by atoms with Crippen molar-refractivity contribution in [2.45, 2.75) is 58.5 Å². The van der Waals surface area contributed by atoms with Crippen molar-refractivity contribution in [2.24, 2.45) is 0 Å². The fourth-order valence-corrected chi connectivity index (χ4v) is 4.09. The van der Waals surface area contributed by atoms with Crippen LogP contribution in [0.25, 0.3) is 0 Å². The highest BCUT2D eigenvalue weighted by molar-refractivity contribution is 5.74. The van der Waals surface area contributed by atoms with Crippen molar-refractivity contribution < 1.29 is 4.79 Å². The van der Waals surface area contributed by atoms with Crippen molar-refractivity contribution in [2.75, 3.05) is 26.2 Å². The number of hydrogen-bond donors (Lipinski definition) is 2. The average Bonchev–Trinajstić information content (AvgIpc) is 2.61. The lowest BCUT2D eigenvalue weighted by atomic mass is 10.00. The van der Waals surface area contributed by atoms with Gasteiger partial charge in [0.2, 0.25) is 0 Å². The molecule has 6 nitrogen and oxygen atoms in total. The maximum absolute atomic E-state index is 12.4. The predicted octanol–water partition coefficient (Wildman–Crippen LogP) is 2.15. The minimum atomic E-state index is -0.110. The van der Waals surface area contributed by atoms with Gasteiger partial charge in [-0.1, -0.05) is 6.42 Å². The van der Waals surface area contributed by atoms with Crippen LogP contribution in [-0.4, -0.2) is 53.0 Å². The van der Waals surface area contributed by atoms with E-state index >= 15 is 0 Å². The van der Waals surface area contributed by atoms with Gasteiger partial charge in [0.25, 0.3) is 5.56 Å². The second-order valence-electron chi connectivity index (χ2n) is 7.42. The van der Waals surface area contributed by atoms with E-state index < -0.39 is 0 Å². The van der Waals surface area contributed by atoms with Crippen molar-refractivity contribution in [1.82, 2.24) is 20.1 Å². The number of H-pyrrole nitrogens is 1. The number of piperidine rings is 2. The molecule has 2 aliphatic rings. The van der Waals surface area contributed by atoms with Crippen molar-refractivity contribution in [3.63, 3.8) is 0 Å². The summed E-state index contributed by atoms with van der Waals surface area (Å²) in [5.41, 5.74) is 2.30. The fourth-order valence-electron chi connectivity index (χ4n) is 4.09. The van der Waals surface area contributed by atoms with Crippen LogP contribution in [0.2, 0.25) is 0 Å². The number of nitrogens with zero attached hydrogens (tertiary/aromatic N) is 2. The van der Waals surface area contributed by atoms with Crippen molar-refractivity contribution >= 4 is 6.03 Å². The first kappa shape index (κ1) is 18.0. The van der Waals surface area contributed by atoms with E-state index in [0.29, 0.717) is 11.6 Å². The summed E-state index contributed by atoms with van der Waals surface area (Å²) in [5.74, 6) is 0. The second-order valence-corrected chi connectivity index (χ2v) is 7.42. The maximum Gasteiger partial charge on any atom is 0.317 e. The standard InChI is InChI=1S/C19H30N4O2/c1-14-12-15(2)21-18(24)17(14)13-20-19(25)23-10-6-16(7-11-23)22-8-4-3-5-9-22/h12,16H,3-11,13H2,1-2H3,(H,20,25)(H,21,24). The molecule has 0 unspecified atom stereocenters. The second kappa shape index (κ2) is 8.04. The molecule has 3 heterocycles. The summed E-state index contributed by atoms with van der Waals surface area (Å²) in [6.45, 7) is 8.09. The molecule has 0 spiro atoms.